The maximum absolute atomic E-state index is 13.3. The highest BCUT2D eigenvalue weighted by Gasteiger charge is 2.21. The van der Waals surface area contributed by atoms with Gasteiger partial charge in [-0.2, -0.15) is 0 Å². The number of aromatic nitrogens is 1. The number of nitrogens with zero attached hydrogens (tertiary/aromatic N) is 1. The van der Waals surface area contributed by atoms with Gasteiger partial charge in [0.1, 0.15) is 5.75 Å². The number of aryl methyl sites for hydroxylation is 2. The van der Waals surface area contributed by atoms with Crippen molar-refractivity contribution in [3.8, 4) is 5.75 Å². The Hall–Kier alpha value is -4.06. The molecule has 1 amide bonds. The molecule has 0 aliphatic heterocycles. The van der Waals surface area contributed by atoms with Crippen molar-refractivity contribution in [3.63, 3.8) is 0 Å². The van der Waals surface area contributed by atoms with Gasteiger partial charge in [-0.15, -0.1) is 0 Å². The lowest BCUT2D eigenvalue weighted by atomic mass is 9.95. The Morgan fingerprint density at radius 3 is 2.35 bits per heavy atom. The Morgan fingerprint density at radius 2 is 1.70 bits per heavy atom. The van der Waals surface area contributed by atoms with Gasteiger partial charge < -0.3 is 19.4 Å². The smallest absolute Gasteiger partial charge is 0.337 e. The van der Waals surface area contributed by atoms with Gasteiger partial charge in [0.25, 0.3) is 0 Å². The number of carbonyl (C=O) groups excluding carboxylic acids is 2. The minimum atomic E-state index is -0.403. The molecule has 0 aliphatic carbocycles. The summed E-state index contributed by atoms with van der Waals surface area (Å²) in [5.41, 5.74) is 7.57. The summed E-state index contributed by atoms with van der Waals surface area (Å²) in [6.45, 7) is 8.83. The third kappa shape index (κ3) is 5.10. The quantitative estimate of drug-likeness (QED) is 0.280. The predicted molar refractivity (Wildman–Crippen MR) is 148 cm³/mol. The van der Waals surface area contributed by atoms with E-state index in [9.17, 15) is 9.59 Å². The van der Waals surface area contributed by atoms with Gasteiger partial charge >= 0.3 is 5.97 Å². The molecule has 0 aliphatic rings. The van der Waals surface area contributed by atoms with Crippen molar-refractivity contribution in [2.75, 3.05) is 19.5 Å². The lowest BCUT2D eigenvalue weighted by Gasteiger charge is -2.17. The Labute approximate surface area is 218 Å². The minimum Gasteiger partial charge on any atom is -0.496 e. The fourth-order valence-electron chi connectivity index (χ4n) is 4.90. The van der Waals surface area contributed by atoms with Gasteiger partial charge in [0.15, 0.2) is 0 Å². The van der Waals surface area contributed by atoms with Crippen LogP contribution in [0, 0.1) is 20.8 Å². The van der Waals surface area contributed by atoms with Crippen LogP contribution in [0.3, 0.4) is 0 Å². The number of ether oxygens (including phenoxy) is 2. The number of rotatable bonds is 8. The maximum atomic E-state index is 13.3. The molecule has 0 fully saturated rings. The summed E-state index contributed by atoms with van der Waals surface area (Å²) in [7, 11) is 2.96. The van der Waals surface area contributed by atoms with E-state index in [1.54, 1.807) is 19.2 Å². The minimum absolute atomic E-state index is 0.0113. The standard InChI is InChI=1S/C31H34N2O4/c1-7-25(22-11-9-8-10-12-22)30(34)32-27-17-28-26(15-19(27)2)20(3)21(4)33(28)18-24-14-13-23(31(35)37-6)16-29(24)36-5/h8-17,25H,7,18H2,1-6H3,(H,32,34). The van der Waals surface area contributed by atoms with E-state index in [0.29, 0.717) is 24.3 Å². The molecule has 6 nitrogen and oxygen atoms in total. The summed E-state index contributed by atoms with van der Waals surface area (Å²) in [5.74, 6) is -0.0111. The van der Waals surface area contributed by atoms with Crippen LogP contribution in [-0.2, 0) is 16.1 Å². The van der Waals surface area contributed by atoms with Crippen LogP contribution in [0.2, 0.25) is 0 Å². The molecule has 1 atom stereocenters. The highest BCUT2D eigenvalue weighted by atomic mass is 16.5. The number of carbonyl (C=O) groups is 2. The van der Waals surface area contributed by atoms with Crippen LogP contribution in [-0.4, -0.2) is 30.7 Å². The van der Waals surface area contributed by atoms with Crippen molar-refractivity contribution >= 4 is 28.5 Å². The lowest BCUT2D eigenvalue weighted by Crippen LogP contribution is -2.21. The first-order valence-corrected chi connectivity index (χ1v) is 12.5. The third-order valence-corrected chi connectivity index (χ3v) is 7.21. The molecule has 3 aromatic carbocycles. The van der Waals surface area contributed by atoms with Crippen molar-refractivity contribution in [1.82, 2.24) is 4.57 Å². The van der Waals surface area contributed by atoms with Crippen molar-refractivity contribution in [2.45, 2.75) is 46.6 Å². The van der Waals surface area contributed by atoms with E-state index in [1.807, 2.05) is 50.2 Å². The predicted octanol–water partition coefficient (Wildman–Crippen LogP) is 6.54. The van der Waals surface area contributed by atoms with Crippen LogP contribution in [0.25, 0.3) is 10.9 Å². The molecular weight excluding hydrogens is 464 g/mol. The zero-order valence-corrected chi connectivity index (χ0v) is 22.3. The molecule has 1 aromatic heterocycles. The first-order chi connectivity index (χ1) is 17.8. The molecule has 1 N–H and O–H groups in total. The maximum Gasteiger partial charge on any atom is 0.337 e. The Balaban J connectivity index is 1.72. The molecule has 4 rings (SSSR count). The normalized spacial score (nSPS) is 11.8. The molecule has 1 unspecified atom stereocenters. The molecule has 4 aromatic rings. The van der Waals surface area contributed by atoms with E-state index in [2.05, 4.69) is 35.9 Å². The van der Waals surface area contributed by atoms with Crippen molar-refractivity contribution in [1.29, 1.82) is 0 Å². The van der Waals surface area contributed by atoms with Gasteiger partial charge in [-0.1, -0.05) is 43.3 Å². The number of benzene rings is 3. The molecule has 0 saturated heterocycles. The van der Waals surface area contributed by atoms with Gasteiger partial charge in [-0.25, -0.2) is 4.79 Å². The number of hydrogen-bond donors (Lipinski definition) is 1. The van der Waals surface area contributed by atoms with Crippen molar-refractivity contribution in [2.24, 2.45) is 0 Å². The first-order valence-electron chi connectivity index (χ1n) is 12.5. The second-order valence-corrected chi connectivity index (χ2v) is 9.36. The van der Waals surface area contributed by atoms with Crippen LogP contribution in [0.5, 0.6) is 5.75 Å². The summed E-state index contributed by atoms with van der Waals surface area (Å²) < 4.78 is 12.7. The summed E-state index contributed by atoms with van der Waals surface area (Å²) in [6, 6.07) is 19.5. The number of fused-ring (bicyclic) bond motifs is 1. The zero-order valence-electron chi connectivity index (χ0n) is 22.3. The van der Waals surface area contributed by atoms with Crippen LogP contribution in [0.15, 0.2) is 60.7 Å². The van der Waals surface area contributed by atoms with Crippen molar-refractivity contribution < 1.29 is 19.1 Å². The largest absolute Gasteiger partial charge is 0.496 e. The molecule has 0 radical (unpaired) electrons. The summed E-state index contributed by atoms with van der Waals surface area (Å²) >= 11 is 0. The van der Waals surface area contributed by atoms with Gasteiger partial charge in [0.05, 0.1) is 37.8 Å². The SMILES string of the molecule is CCC(C(=O)Nc1cc2c(cc1C)c(C)c(C)n2Cc1ccc(C(=O)OC)cc1OC)c1ccccc1. The highest BCUT2D eigenvalue weighted by Crippen LogP contribution is 2.33. The van der Waals surface area contributed by atoms with Crippen molar-refractivity contribution in [3.05, 3.63) is 94.2 Å². The van der Waals surface area contributed by atoms with Crippen LogP contribution >= 0.6 is 0 Å². The van der Waals surface area contributed by atoms with Crippen LogP contribution in [0.1, 0.15) is 57.6 Å². The van der Waals surface area contributed by atoms with Crippen LogP contribution in [0.4, 0.5) is 5.69 Å². The zero-order chi connectivity index (χ0) is 26.7. The van der Waals surface area contributed by atoms with E-state index < -0.39 is 5.97 Å². The number of methoxy groups -OCH3 is 2. The van der Waals surface area contributed by atoms with Crippen LogP contribution < -0.4 is 10.1 Å². The Bertz CT molecular complexity index is 1450. The van der Waals surface area contributed by atoms with E-state index in [0.717, 1.165) is 39.0 Å². The summed E-state index contributed by atoms with van der Waals surface area (Å²) in [4.78, 5) is 25.3. The fraction of sp³-hybridized carbons (Fsp3) is 0.290. The van der Waals surface area contributed by atoms with E-state index in [1.165, 1.54) is 12.7 Å². The number of hydrogen-bond acceptors (Lipinski definition) is 4. The molecule has 0 saturated carbocycles. The van der Waals surface area contributed by atoms with E-state index >= 15 is 0 Å². The Morgan fingerprint density at radius 1 is 0.973 bits per heavy atom. The number of anilines is 1. The average Bonchev–Trinajstić information content (AvgIpc) is 3.13. The average molecular weight is 499 g/mol. The highest BCUT2D eigenvalue weighted by molar-refractivity contribution is 5.99. The number of amides is 1. The molecular formula is C31H34N2O4. The number of esters is 1. The summed E-state index contributed by atoms with van der Waals surface area (Å²) in [5, 5.41) is 4.34. The molecule has 6 heteroatoms. The van der Waals surface area contributed by atoms with Gasteiger partial charge in [0, 0.05) is 22.3 Å². The molecule has 1 heterocycles. The number of nitrogens with one attached hydrogen (secondary N) is 1. The second kappa shape index (κ2) is 10.9. The van der Waals surface area contributed by atoms with E-state index in [4.69, 9.17) is 9.47 Å². The molecule has 0 bridgehead atoms. The molecule has 37 heavy (non-hydrogen) atoms. The molecule has 0 spiro atoms. The second-order valence-electron chi connectivity index (χ2n) is 9.36. The Kier molecular flexibility index (Phi) is 7.67. The molecule has 192 valence electrons. The van der Waals surface area contributed by atoms with Gasteiger partial charge in [0.2, 0.25) is 5.91 Å². The first kappa shape index (κ1) is 26.0. The van der Waals surface area contributed by atoms with Gasteiger partial charge in [-0.05, 0) is 68.1 Å². The third-order valence-electron chi connectivity index (χ3n) is 7.21. The summed E-state index contributed by atoms with van der Waals surface area (Å²) in [6.07, 6.45) is 0.715. The lowest BCUT2D eigenvalue weighted by molar-refractivity contribution is -0.117. The van der Waals surface area contributed by atoms with E-state index in [-0.39, 0.29) is 11.8 Å². The topological polar surface area (TPSA) is 69.6 Å². The fourth-order valence-corrected chi connectivity index (χ4v) is 4.90. The monoisotopic (exact) mass is 498 g/mol. The van der Waals surface area contributed by atoms with Gasteiger partial charge in [-0.3, -0.25) is 4.79 Å².